The molecule has 2 aromatic carbocycles. The first kappa shape index (κ1) is 26.3. The zero-order valence-electron chi connectivity index (χ0n) is 20.6. The zero-order chi connectivity index (χ0) is 25.7. The number of amides is 1. The van der Waals surface area contributed by atoms with E-state index in [4.69, 9.17) is 32.7 Å². The van der Waals surface area contributed by atoms with Gasteiger partial charge in [0.2, 0.25) is 5.78 Å². The van der Waals surface area contributed by atoms with Crippen LogP contribution < -0.4 is 14.8 Å². The summed E-state index contributed by atoms with van der Waals surface area (Å²) < 4.78 is 11.6. The fourth-order valence-corrected chi connectivity index (χ4v) is 4.67. The van der Waals surface area contributed by atoms with Gasteiger partial charge in [-0.3, -0.25) is 9.59 Å². The number of hydrogen-bond donors (Lipinski definition) is 1. The van der Waals surface area contributed by atoms with Crippen LogP contribution in [-0.4, -0.2) is 67.9 Å². The lowest BCUT2D eigenvalue weighted by Gasteiger charge is -2.32. The number of ketones is 1. The molecule has 0 saturated carbocycles. The van der Waals surface area contributed by atoms with E-state index in [0.29, 0.717) is 45.0 Å². The van der Waals surface area contributed by atoms with Crippen LogP contribution >= 0.6 is 23.2 Å². The van der Waals surface area contributed by atoms with E-state index in [-0.39, 0.29) is 17.7 Å². The van der Waals surface area contributed by atoms with Crippen LogP contribution in [-0.2, 0) is 0 Å². The third kappa shape index (κ3) is 6.52. The number of Topliss-reactive ketones (excluding diaryl/α,β-unsaturated/α-hetero) is 1. The summed E-state index contributed by atoms with van der Waals surface area (Å²) in [7, 11) is 3.70. The van der Waals surface area contributed by atoms with Gasteiger partial charge in [-0.1, -0.05) is 29.3 Å². The molecule has 2 aliphatic rings. The topological polar surface area (TPSA) is 71.1 Å². The molecule has 9 heteroatoms. The average molecular weight is 532 g/mol. The lowest BCUT2D eigenvalue weighted by molar-refractivity contribution is 0.0909. The van der Waals surface area contributed by atoms with Gasteiger partial charge in [0.05, 0.1) is 16.7 Å². The average Bonchev–Trinajstić information content (AvgIpc) is 3.16. The lowest BCUT2D eigenvalue weighted by Crippen LogP contribution is -2.44. The van der Waals surface area contributed by atoms with E-state index in [2.05, 4.69) is 10.2 Å². The van der Waals surface area contributed by atoms with E-state index in [1.807, 2.05) is 26.2 Å². The van der Waals surface area contributed by atoms with Crippen molar-refractivity contribution >= 4 is 34.9 Å². The zero-order valence-corrected chi connectivity index (χ0v) is 22.1. The molecule has 4 rings (SSSR count). The monoisotopic (exact) mass is 531 g/mol. The molecule has 0 atom stereocenters. The Labute approximate surface area is 221 Å². The van der Waals surface area contributed by atoms with E-state index in [1.165, 1.54) is 0 Å². The molecule has 1 amide bonds. The maximum Gasteiger partial charge on any atom is 0.251 e. The minimum Gasteiger partial charge on any atom is -0.493 e. The van der Waals surface area contributed by atoms with Crippen molar-refractivity contribution in [1.82, 2.24) is 15.1 Å². The summed E-state index contributed by atoms with van der Waals surface area (Å²) >= 11 is 12.0. The highest BCUT2D eigenvalue weighted by Crippen LogP contribution is 2.37. The summed E-state index contributed by atoms with van der Waals surface area (Å²) in [6.45, 7) is 3.38. The van der Waals surface area contributed by atoms with Crippen molar-refractivity contribution in [2.45, 2.75) is 31.7 Å². The van der Waals surface area contributed by atoms with Crippen molar-refractivity contribution in [3.05, 3.63) is 69.5 Å². The lowest BCUT2D eigenvalue weighted by atomic mass is 10.0. The van der Waals surface area contributed by atoms with E-state index >= 15 is 0 Å². The van der Waals surface area contributed by atoms with Gasteiger partial charge >= 0.3 is 0 Å². The number of nitrogens with one attached hydrogen (secondary N) is 1. The number of likely N-dealkylation sites (tertiary alicyclic amines) is 1. The van der Waals surface area contributed by atoms with Gasteiger partial charge in [-0.2, -0.15) is 0 Å². The number of benzene rings is 2. The second kappa shape index (κ2) is 12.0. The molecule has 0 aromatic heterocycles. The third-order valence-electron chi connectivity index (χ3n) is 6.27. The number of hydrogen-bond acceptors (Lipinski definition) is 6. The Hall–Kier alpha value is -2.74. The molecule has 1 fully saturated rings. The van der Waals surface area contributed by atoms with Crippen LogP contribution in [0.5, 0.6) is 11.5 Å². The van der Waals surface area contributed by atoms with Gasteiger partial charge in [0.25, 0.3) is 5.91 Å². The fraction of sp³-hybridized carbons (Fsp3) is 0.407. The number of piperidine rings is 1. The van der Waals surface area contributed by atoms with Crippen LogP contribution in [0, 0.1) is 0 Å². The number of nitrogens with zero attached hydrogens (tertiary/aromatic N) is 2. The SMILES string of the molecule is CN(C)/C=C1\Oc2cccc(OCCCCN3CCC(NC(=O)c4ccc(Cl)c(Cl)c4)CC3)c2C1=O. The molecule has 1 N–H and O–H groups in total. The predicted molar refractivity (Wildman–Crippen MR) is 141 cm³/mol. The van der Waals surface area contributed by atoms with Crippen LogP contribution in [0.3, 0.4) is 0 Å². The molecular weight excluding hydrogens is 501 g/mol. The molecule has 2 aromatic rings. The fourth-order valence-electron chi connectivity index (χ4n) is 4.37. The second-order valence-corrected chi connectivity index (χ2v) is 10.1. The van der Waals surface area contributed by atoms with Gasteiger partial charge in [-0.25, -0.2) is 0 Å². The van der Waals surface area contributed by atoms with Gasteiger partial charge in [-0.05, 0) is 62.6 Å². The number of carbonyl (C=O) groups is 2. The number of allylic oxidation sites excluding steroid dienone is 1. The summed E-state index contributed by atoms with van der Waals surface area (Å²) in [5.74, 6) is 1.15. The molecule has 2 aliphatic heterocycles. The highest BCUT2D eigenvalue weighted by Gasteiger charge is 2.31. The molecule has 7 nitrogen and oxygen atoms in total. The molecule has 0 spiro atoms. The Kier molecular flexibility index (Phi) is 8.77. The summed E-state index contributed by atoms with van der Waals surface area (Å²) in [4.78, 5) is 29.4. The van der Waals surface area contributed by atoms with Crippen LogP contribution in [0.1, 0.15) is 46.4 Å². The number of carbonyl (C=O) groups excluding carboxylic acids is 2. The number of halogens is 2. The van der Waals surface area contributed by atoms with Crippen LogP contribution in [0.4, 0.5) is 0 Å². The van der Waals surface area contributed by atoms with Crippen molar-refractivity contribution in [2.75, 3.05) is 40.3 Å². The summed E-state index contributed by atoms with van der Waals surface area (Å²) in [6.07, 6.45) is 5.36. The molecule has 0 bridgehead atoms. The first-order valence-electron chi connectivity index (χ1n) is 12.2. The van der Waals surface area contributed by atoms with Gasteiger partial charge in [0, 0.05) is 45.0 Å². The quantitative estimate of drug-likeness (QED) is 0.361. The Morgan fingerprint density at radius 3 is 2.67 bits per heavy atom. The van der Waals surface area contributed by atoms with Crippen LogP contribution in [0.2, 0.25) is 10.0 Å². The number of rotatable bonds is 9. The summed E-state index contributed by atoms with van der Waals surface area (Å²) in [6, 6.07) is 10.5. The molecule has 2 heterocycles. The largest absolute Gasteiger partial charge is 0.493 e. The van der Waals surface area contributed by atoms with Crippen molar-refractivity contribution in [2.24, 2.45) is 0 Å². The minimum absolute atomic E-state index is 0.121. The van der Waals surface area contributed by atoms with Gasteiger partial charge in [0.15, 0.2) is 5.76 Å². The standard InChI is InChI=1S/C27H31Cl2N3O4/c1-31(2)17-24-26(33)25-22(6-5-7-23(25)36-24)35-15-4-3-12-32-13-10-19(11-14-32)30-27(34)18-8-9-20(28)21(29)16-18/h5-9,16-17,19H,3-4,10-15H2,1-2H3,(H,30,34)/b24-17-. The van der Waals surface area contributed by atoms with Crippen molar-refractivity contribution in [3.63, 3.8) is 0 Å². The summed E-state index contributed by atoms with van der Waals surface area (Å²) in [5, 5.41) is 3.92. The Balaban J connectivity index is 1.16. The van der Waals surface area contributed by atoms with Gasteiger partial charge in [0.1, 0.15) is 17.1 Å². The maximum absolute atomic E-state index is 12.7. The van der Waals surface area contributed by atoms with Crippen molar-refractivity contribution < 1.29 is 19.1 Å². The van der Waals surface area contributed by atoms with E-state index in [0.717, 1.165) is 45.3 Å². The van der Waals surface area contributed by atoms with Gasteiger partial charge < -0.3 is 24.6 Å². The number of unbranched alkanes of at least 4 members (excludes halogenated alkanes) is 1. The van der Waals surface area contributed by atoms with Crippen molar-refractivity contribution in [3.8, 4) is 11.5 Å². The van der Waals surface area contributed by atoms with E-state index < -0.39 is 0 Å². The van der Waals surface area contributed by atoms with Gasteiger partial charge in [-0.15, -0.1) is 0 Å². The smallest absolute Gasteiger partial charge is 0.251 e. The molecule has 0 unspecified atom stereocenters. The van der Waals surface area contributed by atoms with Crippen LogP contribution in [0.15, 0.2) is 48.4 Å². The van der Waals surface area contributed by atoms with E-state index in [9.17, 15) is 9.59 Å². The van der Waals surface area contributed by atoms with Crippen molar-refractivity contribution in [1.29, 1.82) is 0 Å². The van der Waals surface area contributed by atoms with E-state index in [1.54, 1.807) is 35.4 Å². The Morgan fingerprint density at radius 1 is 1.17 bits per heavy atom. The number of fused-ring (bicyclic) bond motifs is 1. The third-order valence-corrected chi connectivity index (χ3v) is 7.00. The highest BCUT2D eigenvalue weighted by atomic mass is 35.5. The maximum atomic E-state index is 12.7. The Bertz CT molecular complexity index is 1140. The minimum atomic E-state index is -0.150. The van der Waals surface area contributed by atoms with Crippen LogP contribution in [0.25, 0.3) is 0 Å². The number of ether oxygens (including phenoxy) is 2. The highest BCUT2D eigenvalue weighted by molar-refractivity contribution is 6.42. The molecular formula is C27H31Cl2N3O4. The normalized spacial score (nSPS) is 17.1. The molecule has 0 radical (unpaired) electrons. The first-order valence-corrected chi connectivity index (χ1v) is 12.9. The first-order chi connectivity index (χ1) is 17.3. The molecule has 1 saturated heterocycles. The predicted octanol–water partition coefficient (Wildman–Crippen LogP) is 5.02. The Morgan fingerprint density at radius 2 is 1.94 bits per heavy atom. The summed E-state index contributed by atoms with van der Waals surface area (Å²) in [5.41, 5.74) is 1.02. The molecule has 192 valence electrons. The molecule has 0 aliphatic carbocycles. The second-order valence-electron chi connectivity index (χ2n) is 9.29. The molecule has 36 heavy (non-hydrogen) atoms.